The summed E-state index contributed by atoms with van der Waals surface area (Å²) in [5.74, 6) is 0. The summed E-state index contributed by atoms with van der Waals surface area (Å²) in [6.07, 6.45) is 32.3. The van der Waals surface area contributed by atoms with Gasteiger partial charge in [-0.05, 0) is 60.1 Å². The molecule has 46 heavy (non-hydrogen) atoms. The van der Waals surface area contributed by atoms with E-state index < -0.39 is 0 Å². The summed E-state index contributed by atoms with van der Waals surface area (Å²) in [4.78, 5) is 0. The van der Waals surface area contributed by atoms with Crippen molar-refractivity contribution in [3.8, 4) is 0 Å². The third kappa shape index (κ3) is 21.7. The predicted molar refractivity (Wildman–Crippen MR) is 189 cm³/mol. The van der Waals surface area contributed by atoms with Crippen LogP contribution in [0.25, 0.3) is 0 Å². The van der Waals surface area contributed by atoms with Crippen molar-refractivity contribution in [2.45, 2.75) is 52.9 Å². The molecule has 2 aromatic heterocycles. The minimum absolute atomic E-state index is 0.186. The fourth-order valence-corrected chi connectivity index (χ4v) is 3.52. The first-order valence-corrected chi connectivity index (χ1v) is 15.3. The number of hydrogen-bond donors (Lipinski definition) is 3. The highest BCUT2D eigenvalue weighted by Gasteiger charge is 2.00. The molecular weight excluding hydrogens is 574 g/mol. The lowest BCUT2D eigenvalue weighted by Gasteiger charge is -2.02. The molecule has 0 aliphatic heterocycles. The summed E-state index contributed by atoms with van der Waals surface area (Å²) >= 11 is 0. The quantitative estimate of drug-likeness (QED) is 0.0353. The maximum absolute atomic E-state index is 5.42. The van der Waals surface area contributed by atoms with Gasteiger partial charge in [0.2, 0.25) is 6.67 Å². The fraction of sp³-hybridized carbons (Fsp3) is 0.263. The van der Waals surface area contributed by atoms with Crippen LogP contribution in [0.1, 0.15) is 37.8 Å². The molecule has 8 nitrogen and oxygen atoms in total. The molecule has 0 unspecified atom stereocenters. The van der Waals surface area contributed by atoms with Crippen LogP contribution >= 0.6 is 0 Å². The van der Waals surface area contributed by atoms with E-state index in [1.165, 1.54) is 23.6 Å². The van der Waals surface area contributed by atoms with Crippen molar-refractivity contribution >= 4 is 12.4 Å². The topological polar surface area (TPSA) is 98.7 Å². The molecule has 2 rings (SSSR count). The first kappa shape index (κ1) is 41.1. The number of aromatic nitrogens is 2. The minimum Gasteiger partial charge on any atom is -0.486 e. The van der Waals surface area contributed by atoms with E-state index in [2.05, 4.69) is 43.8 Å². The van der Waals surface area contributed by atoms with Crippen molar-refractivity contribution in [3.05, 3.63) is 159 Å². The van der Waals surface area contributed by atoms with Gasteiger partial charge in [-0.2, -0.15) is 9.13 Å². The van der Waals surface area contributed by atoms with E-state index in [4.69, 9.17) is 25.0 Å². The van der Waals surface area contributed by atoms with Crippen LogP contribution in [0.15, 0.2) is 148 Å². The van der Waals surface area contributed by atoms with Crippen LogP contribution in [-0.2, 0) is 40.5 Å². The van der Waals surface area contributed by atoms with Gasteiger partial charge >= 0.3 is 0 Å². The van der Waals surface area contributed by atoms with Gasteiger partial charge in [-0.15, -0.1) is 26.3 Å². The highest BCUT2D eigenvalue weighted by atomic mass is 16.7. The summed E-state index contributed by atoms with van der Waals surface area (Å²) in [5.41, 5.74) is 4.54. The van der Waals surface area contributed by atoms with Crippen LogP contribution < -0.4 is 25.3 Å². The molecule has 0 fully saturated rings. The van der Waals surface area contributed by atoms with E-state index in [9.17, 15) is 0 Å². The Morgan fingerprint density at radius 2 is 1.20 bits per heavy atom. The standard InChI is InChI=1S/C18H24N3O.C18H23N2O2.C2H6/c1-3-5-17(7-11-19)10-14-22-16-20-15-21-12-8-18(6-4-2)9-13-21;1-3-5-17(7-11-19)10-14-21-16-22-15-20-12-8-18(6-4-2)9-13-20;1-2/h3-4,7-14,19-20H,1-2,5-6,15-16H2;3-4,7-14,19H,1-2,5-6,15-16H2;1-2H3/q2*+1;/p+2/b2*14-10-,17-7-,19-11?;. The van der Waals surface area contributed by atoms with E-state index in [1.54, 1.807) is 12.5 Å². The second-order valence-corrected chi connectivity index (χ2v) is 9.22. The van der Waals surface area contributed by atoms with Crippen LogP contribution in [0.3, 0.4) is 0 Å². The van der Waals surface area contributed by atoms with Gasteiger partial charge in [0.1, 0.15) is 6.73 Å². The molecule has 0 aliphatic carbocycles. The van der Waals surface area contributed by atoms with Crippen molar-refractivity contribution in [1.29, 1.82) is 0 Å². The molecule has 246 valence electrons. The van der Waals surface area contributed by atoms with Gasteiger partial charge in [0.25, 0.3) is 6.73 Å². The van der Waals surface area contributed by atoms with E-state index in [-0.39, 0.29) is 6.79 Å². The SMILES string of the molecule is C=CCC(/C=C\OCNC[n+]1ccc(CC=C)cc1)=C/C=[NH2+].C=CCC(/C=C\OCOC[n+]1ccc(CC=C)cc1)=C/C=[NH2+].CC. The Hall–Kier alpha value is -4.92. The first-order chi connectivity index (χ1) is 22.6. The van der Waals surface area contributed by atoms with E-state index in [0.717, 1.165) is 36.8 Å². The van der Waals surface area contributed by atoms with Crippen molar-refractivity contribution in [3.63, 3.8) is 0 Å². The van der Waals surface area contributed by atoms with E-state index >= 15 is 0 Å². The second kappa shape index (κ2) is 30.1. The van der Waals surface area contributed by atoms with Crippen LogP contribution in [0.5, 0.6) is 0 Å². The normalized spacial score (nSPS) is 11.0. The third-order valence-corrected chi connectivity index (χ3v) is 5.69. The number of allylic oxidation sites excluding steroid dienone is 10. The zero-order valence-electron chi connectivity index (χ0n) is 27.8. The van der Waals surface area contributed by atoms with Crippen LogP contribution in [0, 0.1) is 0 Å². The van der Waals surface area contributed by atoms with Gasteiger partial charge in [-0.25, -0.2) is 5.32 Å². The number of pyridine rings is 2. The monoisotopic (exact) mass is 629 g/mol. The molecule has 2 aromatic rings. The van der Waals surface area contributed by atoms with Crippen molar-refractivity contribution in [1.82, 2.24) is 5.32 Å². The molecule has 0 radical (unpaired) electrons. The second-order valence-electron chi connectivity index (χ2n) is 9.22. The third-order valence-electron chi connectivity index (χ3n) is 5.69. The highest BCUT2D eigenvalue weighted by molar-refractivity contribution is 5.67. The Balaban J connectivity index is 0.000000835. The molecule has 0 bridgehead atoms. The summed E-state index contributed by atoms with van der Waals surface area (Å²) in [6, 6.07) is 8.25. The molecule has 0 atom stereocenters. The molecule has 0 saturated carbocycles. The Kier molecular flexibility index (Phi) is 26.9. The molecule has 5 N–H and O–H groups in total. The molecule has 0 amide bonds. The summed E-state index contributed by atoms with van der Waals surface area (Å²) < 4.78 is 20.1. The number of ether oxygens (including phenoxy) is 3. The number of rotatable bonds is 22. The lowest BCUT2D eigenvalue weighted by atomic mass is 10.2. The van der Waals surface area contributed by atoms with E-state index in [0.29, 0.717) is 20.1 Å². The molecule has 8 heteroatoms. The number of nitrogens with zero attached hydrogens (tertiary/aromatic N) is 2. The molecule has 0 aliphatic rings. The maximum Gasteiger partial charge on any atom is 0.255 e. The summed E-state index contributed by atoms with van der Waals surface area (Å²) in [6.45, 7) is 20.6. The van der Waals surface area contributed by atoms with Gasteiger partial charge in [0, 0.05) is 36.4 Å². The van der Waals surface area contributed by atoms with Crippen LogP contribution in [0.2, 0.25) is 0 Å². The number of nitrogens with one attached hydrogen (secondary N) is 1. The summed E-state index contributed by atoms with van der Waals surface area (Å²) in [7, 11) is 0. The van der Waals surface area contributed by atoms with Crippen LogP contribution in [0.4, 0.5) is 0 Å². The Morgan fingerprint density at radius 1 is 0.717 bits per heavy atom. The molecule has 0 aromatic carbocycles. The first-order valence-electron chi connectivity index (χ1n) is 15.3. The zero-order valence-corrected chi connectivity index (χ0v) is 27.8. The Morgan fingerprint density at radius 3 is 1.65 bits per heavy atom. The summed E-state index contributed by atoms with van der Waals surface area (Å²) in [5, 5.41) is 13.9. The smallest absolute Gasteiger partial charge is 0.255 e. The Bertz CT molecular complexity index is 1160. The van der Waals surface area contributed by atoms with Crippen molar-refractivity contribution in [2.24, 2.45) is 0 Å². The largest absolute Gasteiger partial charge is 0.486 e. The Labute approximate surface area is 276 Å². The van der Waals surface area contributed by atoms with Gasteiger partial charge in [0.15, 0.2) is 44.0 Å². The molecule has 2 heterocycles. The number of nitrogens with two attached hydrogens (primary N) is 2. The fourth-order valence-electron chi connectivity index (χ4n) is 3.52. The molecular formula is C38H55N5O3+4. The average molecular weight is 630 g/mol. The lowest BCUT2D eigenvalue weighted by molar-refractivity contribution is -0.734. The molecule has 0 saturated heterocycles. The highest BCUT2D eigenvalue weighted by Crippen LogP contribution is 2.04. The van der Waals surface area contributed by atoms with Crippen molar-refractivity contribution < 1.29 is 34.2 Å². The van der Waals surface area contributed by atoms with Gasteiger partial charge < -0.3 is 9.47 Å². The lowest BCUT2D eigenvalue weighted by Crippen LogP contribution is -2.41. The van der Waals surface area contributed by atoms with Gasteiger partial charge in [0.05, 0.1) is 12.5 Å². The van der Waals surface area contributed by atoms with Gasteiger partial charge in [-0.3, -0.25) is 15.6 Å². The van der Waals surface area contributed by atoms with Gasteiger partial charge in [-0.1, -0.05) is 38.2 Å². The predicted octanol–water partition coefficient (Wildman–Crippen LogP) is 3.59. The average Bonchev–Trinajstić information content (AvgIpc) is 3.07. The van der Waals surface area contributed by atoms with E-state index in [1.807, 2.05) is 109 Å². The maximum atomic E-state index is 5.42. The molecule has 0 spiro atoms. The van der Waals surface area contributed by atoms with Crippen molar-refractivity contribution in [2.75, 3.05) is 13.5 Å². The minimum atomic E-state index is 0.186. The van der Waals surface area contributed by atoms with Crippen LogP contribution in [-0.4, -0.2) is 26.0 Å². The number of hydrogen-bond acceptors (Lipinski definition) is 4. The zero-order chi connectivity index (χ0) is 34.1.